The van der Waals surface area contributed by atoms with Crippen LogP contribution >= 0.6 is 0 Å². The van der Waals surface area contributed by atoms with Gasteiger partial charge in [0, 0.05) is 24.7 Å². The highest BCUT2D eigenvalue weighted by atomic mass is 19.1. The number of fused-ring (bicyclic) bond motifs is 1. The lowest BCUT2D eigenvalue weighted by molar-refractivity contribution is 0.119. The quantitative estimate of drug-likeness (QED) is 0.813. The molecule has 1 aliphatic heterocycles. The van der Waals surface area contributed by atoms with Crippen molar-refractivity contribution in [2.45, 2.75) is 13.0 Å². The summed E-state index contributed by atoms with van der Waals surface area (Å²) in [4.78, 5) is 17.1. The molecule has 0 fully saturated rings. The fourth-order valence-corrected chi connectivity index (χ4v) is 2.70. The van der Waals surface area contributed by atoms with E-state index in [1.165, 1.54) is 7.11 Å². The van der Waals surface area contributed by atoms with Crippen molar-refractivity contribution in [1.29, 1.82) is 0 Å². The Labute approximate surface area is 126 Å². The second-order valence-corrected chi connectivity index (χ2v) is 5.07. The molecule has 2 heterocycles. The third-order valence-corrected chi connectivity index (χ3v) is 3.77. The smallest absolute Gasteiger partial charge is 0.409 e. The highest BCUT2D eigenvalue weighted by molar-refractivity contribution is 5.71. The first-order chi connectivity index (χ1) is 10.6. The SMILES string of the molecule is COC(=O)N1CCc2cccc(-c3ncc(F)cc3F)c2C1. The van der Waals surface area contributed by atoms with E-state index in [1.807, 2.05) is 12.1 Å². The lowest BCUT2D eigenvalue weighted by Gasteiger charge is -2.29. The summed E-state index contributed by atoms with van der Waals surface area (Å²) in [7, 11) is 1.32. The van der Waals surface area contributed by atoms with Gasteiger partial charge in [-0.3, -0.25) is 4.98 Å². The summed E-state index contributed by atoms with van der Waals surface area (Å²) in [6, 6.07) is 6.28. The first-order valence-electron chi connectivity index (χ1n) is 6.85. The van der Waals surface area contributed by atoms with Crippen molar-refractivity contribution in [2.75, 3.05) is 13.7 Å². The van der Waals surface area contributed by atoms with Crippen LogP contribution in [0.5, 0.6) is 0 Å². The van der Waals surface area contributed by atoms with Gasteiger partial charge in [0.25, 0.3) is 0 Å². The molecule has 0 aliphatic carbocycles. The molecular weight excluding hydrogens is 290 g/mol. The highest BCUT2D eigenvalue weighted by Gasteiger charge is 2.24. The Morgan fingerprint density at radius 3 is 2.91 bits per heavy atom. The molecule has 0 spiro atoms. The predicted octanol–water partition coefficient (Wildman–Crippen LogP) is 3.15. The molecule has 3 rings (SSSR count). The van der Waals surface area contributed by atoms with E-state index in [-0.39, 0.29) is 5.69 Å². The minimum absolute atomic E-state index is 0.0879. The Kier molecular flexibility index (Phi) is 3.75. The summed E-state index contributed by atoms with van der Waals surface area (Å²) in [5.41, 5.74) is 2.51. The maximum absolute atomic E-state index is 14.0. The maximum atomic E-state index is 14.0. The van der Waals surface area contributed by atoms with E-state index in [2.05, 4.69) is 4.98 Å². The van der Waals surface area contributed by atoms with E-state index >= 15 is 0 Å². The molecule has 1 amide bonds. The van der Waals surface area contributed by atoms with Gasteiger partial charge in [0.15, 0.2) is 5.82 Å². The molecule has 0 saturated heterocycles. The second-order valence-electron chi connectivity index (χ2n) is 5.07. The molecule has 0 radical (unpaired) electrons. The fraction of sp³-hybridized carbons (Fsp3) is 0.250. The van der Waals surface area contributed by atoms with Gasteiger partial charge in [-0.1, -0.05) is 18.2 Å². The van der Waals surface area contributed by atoms with Crippen LogP contribution < -0.4 is 0 Å². The number of pyridine rings is 1. The minimum atomic E-state index is -0.720. The standard InChI is InChI=1S/C16H14F2N2O2/c1-22-16(21)20-6-5-10-3-2-4-12(13(10)9-20)15-14(18)7-11(17)8-19-15/h2-4,7-8H,5-6,9H2,1H3. The molecular formula is C16H14F2N2O2. The lowest BCUT2D eigenvalue weighted by Crippen LogP contribution is -2.36. The number of carbonyl (C=O) groups excluding carboxylic acids is 1. The van der Waals surface area contributed by atoms with E-state index in [4.69, 9.17) is 4.74 Å². The van der Waals surface area contributed by atoms with E-state index in [9.17, 15) is 13.6 Å². The Hall–Kier alpha value is -2.50. The van der Waals surface area contributed by atoms with Crippen LogP contribution in [0.25, 0.3) is 11.3 Å². The van der Waals surface area contributed by atoms with Crippen LogP contribution in [0, 0.1) is 11.6 Å². The fourth-order valence-electron chi connectivity index (χ4n) is 2.70. The van der Waals surface area contributed by atoms with Crippen molar-refractivity contribution in [3.63, 3.8) is 0 Å². The number of halogens is 2. The summed E-state index contributed by atoms with van der Waals surface area (Å²) < 4.78 is 31.8. The molecule has 1 aromatic carbocycles. The first kappa shape index (κ1) is 14.4. The van der Waals surface area contributed by atoms with Gasteiger partial charge in [-0.05, 0) is 17.5 Å². The van der Waals surface area contributed by atoms with Crippen molar-refractivity contribution < 1.29 is 18.3 Å². The average Bonchev–Trinajstić information content (AvgIpc) is 2.53. The monoisotopic (exact) mass is 304 g/mol. The molecule has 22 heavy (non-hydrogen) atoms. The van der Waals surface area contributed by atoms with Gasteiger partial charge >= 0.3 is 6.09 Å². The number of methoxy groups -OCH3 is 1. The van der Waals surface area contributed by atoms with Crippen LogP contribution in [0.2, 0.25) is 0 Å². The molecule has 1 aliphatic rings. The average molecular weight is 304 g/mol. The molecule has 6 heteroatoms. The minimum Gasteiger partial charge on any atom is -0.453 e. The maximum Gasteiger partial charge on any atom is 0.409 e. The highest BCUT2D eigenvalue weighted by Crippen LogP contribution is 2.31. The normalized spacial score (nSPS) is 13.7. The zero-order valence-corrected chi connectivity index (χ0v) is 12.0. The molecule has 1 aromatic heterocycles. The van der Waals surface area contributed by atoms with Gasteiger partial charge in [-0.2, -0.15) is 0 Å². The number of hydrogen-bond donors (Lipinski definition) is 0. The van der Waals surface area contributed by atoms with Crippen molar-refractivity contribution >= 4 is 6.09 Å². The molecule has 2 aromatic rings. The number of ether oxygens (including phenoxy) is 1. The lowest BCUT2D eigenvalue weighted by atomic mass is 9.93. The summed E-state index contributed by atoms with van der Waals surface area (Å²) >= 11 is 0. The van der Waals surface area contributed by atoms with Crippen LogP contribution in [0.4, 0.5) is 13.6 Å². The van der Waals surface area contributed by atoms with Gasteiger partial charge in [0.05, 0.1) is 13.3 Å². The molecule has 114 valence electrons. The van der Waals surface area contributed by atoms with E-state index in [0.717, 1.165) is 23.4 Å². The number of amides is 1. The van der Waals surface area contributed by atoms with Crippen LogP contribution in [-0.4, -0.2) is 29.6 Å². The zero-order chi connectivity index (χ0) is 15.7. The van der Waals surface area contributed by atoms with Gasteiger partial charge in [0.2, 0.25) is 0 Å². The summed E-state index contributed by atoms with van der Waals surface area (Å²) in [5, 5.41) is 0. The molecule has 0 N–H and O–H groups in total. The summed E-state index contributed by atoms with van der Waals surface area (Å²) in [6.45, 7) is 0.860. The number of hydrogen-bond acceptors (Lipinski definition) is 3. The van der Waals surface area contributed by atoms with Crippen molar-refractivity contribution in [2.24, 2.45) is 0 Å². The third-order valence-electron chi connectivity index (χ3n) is 3.77. The summed E-state index contributed by atoms with van der Waals surface area (Å²) in [5.74, 6) is -1.44. The Bertz CT molecular complexity index is 734. The van der Waals surface area contributed by atoms with Crippen molar-refractivity contribution in [3.8, 4) is 11.3 Å². The number of nitrogens with zero attached hydrogens (tertiary/aromatic N) is 2. The third kappa shape index (κ3) is 2.52. The molecule has 0 saturated carbocycles. The van der Waals surface area contributed by atoms with Crippen LogP contribution in [-0.2, 0) is 17.7 Å². The van der Waals surface area contributed by atoms with Crippen molar-refractivity contribution in [3.05, 3.63) is 53.2 Å². The second kappa shape index (κ2) is 5.71. The Morgan fingerprint density at radius 1 is 1.36 bits per heavy atom. The number of rotatable bonds is 1. The van der Waals surface area contributed by atoms with Gasteiger partial charge < -0.3 is 9.64 Å². The molecule has 4 nitrogen and oxygen atoms in total. The Morgan fingerprint density at radius 2 is 2.18 bits per heavy atom. The molecule has 0 unspecified atom stereocenters. The number of carbonyl (C=O) groups is 1. The van der Waals surface area contributed by atoms with E-state index < -0.39 is 17.7 Å². The first-order valence-corrected chi connectivity index (χ1v) is 6.85. The number of benzene rings is 1. The van der Waals surface area contributed by atoms with Crippen molar-refractivity contribution in [1.82, 2.24) is 9.88 Å². The topological polar surface area (TPSA) is 42.4 Å². The molecule has 0 atom stereocenters. The van der Waals surface area contributed by atoms with E-state index in [1.54, 1.807) is 11.0 Å². The number of aromatic nitrogens is 1. The summed E-state index contributed by atoms with van der Waals surface area (Å²) in [6.07, 6.45) is 1.22. The Balaban J connectivity index is 2.06. The zero-order valence-electron chi connectivity index (χ0n) is 12.0. The predicted molar refractivity (Wildman–Crippen MR) is 76.1 cm³/mol. The van der Waals surface area contributed by atoms with Gasteiger partial charge in [0.1, 0.15) is 11.5 Å². The largest absolute Gasteiger partial charge is 0.453 e. The van der Waals surface area contributed by atoms with Crippen LogP contribution in [0.15, 0.2) is 30.5 Å². The van der Waals surface area contributed by atoms with Crippen LogP contribution in [0.1, 0.15) is 11.1 Å². The van der Waals surface area contributed by atoms with Gasteiger partial charge in [-0.25, -0.2) is 13.6 Å². The van der Waals surface area contributed by atoms with E-state index in [0.29, 0.717) is 25.1 Å². The van der Waals surface area contributed by atoms with Crippen LogP contribution in [0.3, 0.4) is 0 Å². The molecule has 0 bridgehead atoms. The van der Waals surface area contributed by atoms with Gasteiger partial charge in [-0.15, -0.1) is 0 Å².